The molecule has 0 aliphatic carbocycles. The van der Waals surface area contributed by atoms with Crippen LogP contribution in [0.2, 0.25) is 0 Å². The Labute approximate surface area is 133 Å². The van der Waals surface area contributed by atoms with Crippen LogP contribution >= 0.6 is 0 Å². The molecule has 8 nitrogen and oxygen atoms in total. The number of aromatic nitrogens is 3. The molecule has 23 heavy (non-hydrogen) atoms. The van der Waals surface area contributed by atoms with Crippen molar-refractivity contribution in [3.8, 4) is 0 Å². The Morgan fingerprint density at radius 2 is 2.26 bits per heavy atom. The monoisotopic (exact) mass is 317 g/mol. The first-order chi connectivity index (χ1) is 11.0. The molecular formula is C15H19N5O3. The molecule has 8 heteroatoms. The normalized spacial score (nSPS) is 21.0. The van der Waals surface area contributed by atoms with Gasteiger partial charge in [0.05, 0.1) is 30.9 Å². The van der Waals surface area contributed by atoms with Crippen LogP contribution in [0.4, 0.5) is 0 Å². The van der Waals surface area contributed by atoms with Gasteiger partial charge >= 0.3 is 0 Å². The first kappa shape index (κ1) is 15.3. The van der Waals surface area contributed by atoms with Gasteiger partial charge < -0.3 is 14.7 Å². The van der Waals surface area contributed by atoms with E-state index in [1.54, 1.807) is 28.9 Å². The van der Waals surface area contributed by atoms with E-state index in [1.807, 2.05) is 14.0 Å². The second-order valence-corrected chi connectivity index (χ2v) is 5.77. The zero-order valence-corrected chi connectivity index (χ0v) is 13.3. The summed E-state index contributed by atoms with van der Waals surface area (Å²) < 4.78 is 6.71. The second kappa shape index (κ2) is 5.86. The number of amides is 2. The van der Waals surface area contributed by atoms with E-state index in [9.17, 15) is 9.59 Å². The molecule has 1 aliphatic heterocycles. The maximum Gasteiger partial charge on any atom is 0.226 e. The lowest BCUT2D eigenvalue weighted by Gasteiger charge is -2.24. The molecule has 0 aromatic carbocycles. The van der Waals surface area contributed by atoms with Crippen molar-refractivity contribution in [3.05, 3.63) is 35.5 Å². The minimum atomic E-state index is -0.446. The average Bonchev–Trinajstić information content (AvgIpc) is 3.22. The fraction of sp³-hybridized carbons (Fsp3) is 0.467. The lowest BCUT2D eigenvalue weighted by atomic mass is 9.93. The van der Waals surface area contributed by atoms with Gasteiger partial charge in [0.2, 0.25) is 11.8 Å². The van der Waals surface area contributed by atoms with Crippen LogP contribution in [0.3, 0.4) is 0 Å². The smallest absolute Gasteiger partial charge is 0.226 e. The summed E-state index contributed by atoms with van der Waals surface area (Å²) in [4.78, 5) is 26.3. The highest BCUT2D eigenvalue weighted by Gasteiger charge is 2.43. The summed E-state index contributed by atoms with van der Waals surface area (Å²) in [5.74, 6) is -0.0890. The van der Waals surface area contributed by atoms with E-state index in [-0.39, 0.29) is 30.8 Å². The Balaban J connectivity index is 1.80. The van der Waals surface area contributed by atoms with Crippen LogP contribution in [0, 0.1) is 12.8 Å². The van der Waals surface area contributed by atoms with E-state index in [0.717, 1.165) is 11.3 Å². The van der Waals surface area contributed by atoms with Crippen LogP contribution in [0.5, 0.6) is 0 Å². The number of nitrogens with zero attached hydrogens (tertiary/aromatic N) is 4. The molecule has 0 radical (unpaired) electrons. The highest BCUT2D eigenvalue weighted by Crippen LogP contribution is 2.38. The van der Waals surface area contributed by atoms with Gasteiger partial charge in [-0.05, 0) is 6.92 Å². The summed E-state index contributed by atoms with van der Waals surface area (Å²) >= 11 is 0. The lowest BCUT2D eigenvalue weighted by Crippen LogP contribution is -2.34. The van der Waals surface area contributed by atoms with E-state index in [2.05, 4.69) is 15.6 Å². The van der Waals surface area contributed by atoms with E-state index in [1.165, 1.54) is 6.20 Å². The van der Waals surface area contributed by atoms with Crippen molar-refractivity contribution >= 4 is 11.8 Å². The van der Waals surface area contributed by atoms with Crippen molar-refractivity contribution in [1.29, 1.82) is 0 Å². The van der Waals surface area contributed by atoms with Gasteiger partial charge in [0.25, 0.3) is 0 Å². The van der Waals surface area contributed by atoms with Crippen LogP contribution < -0.4 is 5.32 Å². The highest BCUT2D eigenvalue weighted by atomic mass is 16.5. The minimum Gasteiger partial charge on any atom is -0.360 e. The SMILES string of the molecule is Cc1c([C@@H]2[C@@H](C(=O)NCc3ccno3)CC(=O)N2C)cnn1C. The van der Waals surface area contributed by atoms with Crippen LogP contribution in [-0.4, -0.2) is 38.7 Å². The molecule has 2 atom stereocenters. The molecular weight excluding hydrogens is 298 g/mol. The molecule has 0 saturated carbocycles. The summed E-state index contributed by atoms with van der Waals surface area (Å²) in [5, 5.41) is 10.6. The van der Waals surface area contributed by atoms with Crippen molar-refractivity contribution in [2.24, 2.45) is 13.0 Å². The van der Waals surface area contributed by atoms with Gasteiger partial charge in [-0.2, -0.15) is 5.10 Å². The molecule has 122 valence electrons. The molecule has 2 aromatic heterocycles. The number of hydrogen-bond acceptors (Lipinski definition) is 5. The molecule has 3 heterocycles. The first-order valence-electron chi connectivity index (χ1n) is 7.40. The third-order valence-electron chi connectivity index (χ3n) is 4.44. The summed E-state index contributed by atoms with van der Waals surface area (Å²) in [6.45, 7) is 2.19. The summed E-state index contributed by atoms with van der Waals surface area (Å²) in [7, 11) is 3.57. The van der Waals surface area contributed by atoms with Crippen molar-refractivity contribution in [2.75, 3.05) is 7.05 Å². The van der Waals surface area contributed by atoms with Gasteiger partial charge in [-0.1, -0.05) is 5.16 Å². The maximum absolute atomic E-state index is 12.6. The Kier molecular flexibility index (Phi) is 3.89. The molecule has 2 amide bonds. The number of carbonyl (C=O) groups excluding carboxylic acids is 2. The second-order valence-electron chi connectivity index (χ2n) is 5.77. The third-order valence-corrected chi connectivity index (χ3v) is 4.44. The predicted molar refractivity (Wildman–Crippen MR) is 79.9 cm³/mol. The topological polar surface area (TPSA) is 93.3 Å². The van der Waals surface area contributed by atoms with Gasteiger partial charge in [0.15, 0.2) is 5.76 Å². The Morgan fingerprint density at radius 1 is 1.48 bits per heavy atom. The van der Waals surface area contributed by atoms with Gasteiger partial charge in [-0.15, -0.1) is 0 Å². The Morgan fingerprint density at radius 3 is 2.87 bits per heavy atom. The predicted octanol–water partition coefficient (Wildman–Crippen LogP) is 0.552. The van der Waals surface area contributed by atoms with E-state index in [0.29, 0.717) is 5.76 Å². The van der Waals surface area contributed by atoms with Crippen LogP contribution in [0.15, 0.2) is 23.0 Å². The molecule has 1 fully saturated rings. The maximum atomic E-state index is 12.6. The lowest BCUT2D eigenvalue weighted by molar-refractivity contribution is -0.128. The van der Waals surface area contributed by atoms with Crippen molar-refractivity contribution < 1.29 is 14.1 Å². The van der Waals surface area contributed by atoms with Gasteiger partial charge in [-0.25, -0.2) is 0 Å². The van der Waals surface area contributed by atoms with Crippen LogP contribution in [0.1, 0.15) is 29.5 Å². The number of aryl methyl sites for hydroxylation is 1. The Hall–Kier alpha value is -2.64. The van der Waals surface area contributed by atoms with E-state index >= 15 is 0 Å². The van der Waals surface area contributed by atoms with Crippen LogP contribution in [0.25, 0.3) is 0 Å². The number of nitrogens with one attached hydrogen (secondary N) is 1. The van der Waals surface area contributed by atoms with E-state index < -0.39 is 5.92 Å². The molecule has 3 rings (SSSR count). The van der Waals surface area contributed by atoms with E-state index in [4.69, 9.17) is 4.52 Å². The zero-order chi connectivity index (χ0) is 16.6. The number of hydrogen-bond donors (Lipinski definition) is 1. The number of carbonyl (C=O) groups is 2. The zero-order valence-electron chi connectivity index (χ0n) is 13.3. The van der Waals surface area contributed by atoms with Crippen molar-refractivity contribution in [3.63, 3.8) is 0 Å². The van der Waals surface area contributed by atoms with Gasteiger partial charge in [0.1, 0.15) is 0 Å². The van der Waals surface area contributed by atoms with Crippen molar-refractivity contribution in [1.82, 2.24) is 25.2 Å². The fourth-order valence-corrected chi connectivity index (χ4v) is 2.97. The Bertz CT molecular complexity index is 722. The molecule has 1 saturated heterocycles. The quantitative estimate of drug-likeness (QED) is 0.889. The van der Waals surface area contributed by atoms with Crippen molar-refractivity contribution in [2.45, 2.75) is 25.9 Å². The summed E-state index contributed by atoms with van der Waals surface area (Å²) in [5.41, 5.74) is 1.85. The standard InChI is InChI=1S/C15H19N5O3/c1-9-12(8-17-20(9)3)14-11(6-13(21)19(14)2)15(22)16-7-10-4-5-18-23-10/h4-5,8,11,14H,6-7H2,1-3H3,(H,16,22)/t11-,14-/m0/s1. The number of rotatable bonds is 4. The largest absolute Gasteiger partial charge is 0.360 e. The average molecular weight is 317 g/mol. The molecule has 2 aromatic rings. The third kappa shape index (κ3) is 2.71. The fourth-order valence-electron chi connectivity index (χ4n) is 2.97. The van der Waals surface area contributed by atoms with Gasteiger partial charge in [-0.3, -0.25) is 14.3 Å². The molecule has 1 aliphatic rings. The highest BCUT2D eigenvalue weighted by molar-refractivity contribution is 5.90. The molecule has 0 spiro atoms. The molecule has 0 unspecified atom stereocenters. The van der Waals surface area contributed by atoms with Gasteiger partial charge in [0, 0.05) is 37.8 Å². The molecule has 0 bridgehead atoms. The first-order valence-corrected chi connectivity index (χ1v) is 7.40. The summed E-state index contributed by atoms with van der Waals surface area (Å²) in [6, 6.07) is 1.39. The summed E-state index contributed by atoms with van der Waals surface area (Å²) in [6.07, 6.45) is 3.44. The molecule has 1 N–H and O–H groups in total. The number of likely N-dealkylation sites (tertiary alicyclic amines) is 1. The minimum absolute atomic E-state index is 0.0435. The van der Waals surface area contributed by atoms with Crippen LogP contribution in [-0.2, 0) is 23.2 Å².